The molecule has 1 aliphatic rings. The van der Waals surface area contributed by atoms with Crippen LogP contribution in [0.4, 0.5) is 5.13 Å². The first kappa shape index (κ1) is 13.9. The molecule has 1 aromatic carbocycles. The summed E-state index contributed by atoms with van der Waals surface area (Å²) in [5, 5.41) is 4.60. The first-order valence-electron chi connectivity index (χ1n) is 7.82. The fourth-order valence-electron chi connectivity index (χ4n) is 3.32. The lowest BCUT2D eigenvalue weighted by Crippen LogP contribution is -2.16. The first-order chi connectivity index (χ1) is 9.70. The molecule has 0 radical (unpaired) electrons. The summed E-state index contributed by atoms with van der Waals surface area (Å²) in [5.74, 6) is 1.85. The molecule has 0 saturated heterocycles. The van der Waals surface area contributed by atoms with Crippen molar-refractivity contribution in [3.8, 4) is 0 Å². The predicted octanol–water partition coefficient (Wildman–Crippen LogP) is 5.23. The summed E-state index contributed by atoms with van der Waals surface area (Å²) in [6.45, 7) is 5.59. The highest BCUT2D eigenvalue weighted by Crippen LogP contribution is 2.31. The Hall–Kier alpha value is -1.09. The van der Waals surface area contributed by atoms with Crippen LogP contribution in [0, 0.1) is 18.8 Å². The SMILES string of the molecule is Cc1ccc2sc(NCCC3CCCC(C)C3)nc2c1. The number of hydrogen-bond acceptors (Lipinski definition) is 3. The number of fused-ring (bicyclic) bond motifs is 1. The lowest BCUT2D eigenvalue weighted by Gasteiger charge is -2.26. The van der Waals surface area contributed by atoms with Crippen molar-refractivity contribution in [3.05, 3.63) is 23.8 Å². The molecule has 2 atom stereocenters. The van der Waals surface area contributed by atoms with Crippen molar-refractivity contribution in [2.24, 2.45) is 11.8 Å². The third-order valence-electron chi connectivity index (χ3n) is 4.42. The number of aromatic nitrogens is 1. The average Bonchev–Trinajstić information content (AvgIpc) is 2.80. The smallest absolute Gasteiger partial charge is 0.183 e. The van der Waals surface area contributed by atoms with Crippen molar-refractivity contribution in [1.82, 2.24) is 4.98 Å². The van der Waals surface area contributed by atoms with Crippen LogP contribution in [-0.2, 0) is 0 Å². The maximum Gasteiger partial charge on any atom is 0.183 e. The van der Waals surface area contributed by atoms with E-state index >= 15 is 0 Å². The van der Waals surface area contributed by atoms with Gasteiger partial charge in [-0.1, -0.05) is 43.6 Å². The minimum absolute atomic E-state index is 0.919. The molecule has 1 fully saturated rings. The lowest BCUT2D eigenvalue weighted by molar-refractivity contribution is 0.274. The molecule has 3 rings (SSSR count). The van der Waals surface area contributed by atoms with E-state index in [9.17, 15) is 0 Å². The molecular weight excluding hydrogens is 264 g/mol. The molecule has 2 nitrogen and oxygen atoms in total. The number of aryl methyl sites for hydroxylation is 1. The lowest BCUT2D eigenvalue weighted by atomic mass is 9.81. The minimum atomic E-state index is 0.919. The number of thiazole rings is 1. The monoisotopic (exact) mass is 288 g/mol. The summed E-state index contributed by atoms with van der Waals surface area (Å²) in [5.41, 5.74) is 2.41. The van der Waals surface area contributed by atoms with Gasteiger partial charge in [-0.2, -0.15) is 0 Å². The second kappa shape index (κ2) is 6.13. The van der Waals surface area contributed by atoms with Gasteiger partial charge in [0, 0.05) is 6.54 Å². The number of anilines is 1. The zero-order chi connectivity index (χ0) is 13.9. The van der Waals surface area contributed by atoms with Gasteiger partial charge in [0.05, 0.1) is 10.2 Å². The molecule has 2 aromatic rings. The van der Waals surface area contributed by atoms with Gasteiger partial charge in [0.2, 0.25) is 0 Å². The normalized spacial score (nSPS) is 23.1. The van der Waals surface area contributed by atoms with Gasteiger partial charge in [0.25, 0.3) is 0 Å². The van der Waals surface area contributed by atoms with Gasteiger partial charge in [-0.3, -0.25) is 0 Å². The Morgan fingerprint density at radius 3 is 3.10 bits per heavy atom. The highest BCUT2D eigenvalue weighted by atomic mass is 32.1. The van der Waals surface area contributed by atoms with E-state index in [1.54, 1.807) is 11.3 Å². The Bertz CT molecular complexity index is 575. The van der Waals surface area contributed by atoms with Gasteiger partial charge in [-0.05, 0) is 49.3 Å². The molecule has 20 heavy (non-hydrogen) atoms. The molecule has 0 amide bonds. The van der Waals surface area contributed by atoms with Crippen LogP contribution in [-0.4, -0.2) is 11.5 Å². The van der Waals surface area contributed by atoms with Crippen LogP contribution in [0.15, 0.2) is 18.2 Å². The summed E-state index contributed by atoms with van der Waals surface area (Å²) in [6.07, 6.45) is 6.98. The van der Waals surface area contributed by atoms with Crippen molar-refractivity contribution >= 4 is 26.7 Å². The molecular formula is C17H24N2S. The number of nitrogens with one attached hydrogen (secondary N) is 1. The molecule has 1 aliphatic carbocycles. The van der Waals surface area contributed by atoms with Gasteiger partial charge in [0.1, 0.15) is 0 Å². The van der Waals surface area contributed by atoms with Crippen LogP contribution in [0.5, 0.6) is 0 Å². The number of hydrogen-bond donors (Lipinski definition) is 1. The van der Waals surface area contributed by atoms with E-state index in [4.69, 9.17) is 0 Å². The largest absolute Gasteiger partial charge is 0.361 e. The van der Waals surface area contributed by atoms with Crippen molar-refractivity contribution in [1.29, 1.82) is 0 Å². The van der Waals surface area contributed by atoms with Crippen LogP contribution in [0.1, 0.15) is 44.6 Å². The fourth-order valence-corrected chi connectivity index (χ4v) is 4.19. The molecule has 1 heterocycles. The molecule has 1 saturated carbocycles. The molecule has 108 valence electrons. The van der Waals surface area contributed by atoms with Crippen LogP contribution >= 0.6 is 11.3 Å². The van der Waals surface area contributed by atoms with E-state index in [1.807, 2.05) is 0 Å². The maximum absolute atomic E-state index is 4.68. The van der Waals surface area contributed by atoms with Crippen molar-refractivity contribution in [3.63, 3.8) is 0 Å². The Kier molecular flexibility index (Phi) is 4.25. The molecule has 0 bridgehead atoms. The molecule has 0 aliphatic heterocycles. The van der Waals surface area contributed by atoms with E-state index in [0.29, 0.717) is 0 Å². The number of nitrogens with zero attached hydrogens (tertiary/aromatic N) is 1. The van der Waals surface area contributed by atoms with Crippen molar-refractivity contribution < 1.29 is 0 Å². The van der Waals surface area contributed by atoms with Crippen LogP contribution < -0.4 is 5.32 Å². The number of benzene rings is 1. The standard InChI is InChI=1S/C17H24N2S/c1-12-4-3-5-14(10-12)8-9-18-17-19-15-11-13(2)6-7-16(15)20-17/h6-7,11-12,14H,3-5,8-10H2,1-2H3,(H,18,19). The zero-order valence-corrected chi connectivity index (χ0v) is 13.3. The fraction of sp³-hybridized carbons (Fsp3) is 0.588. The summed E-state index contributed by atoms with van der Waals surface area (Å²) in [4.78, 5) is 4.68. The summed E-state index contributed by atoms with van der Waals surface area (Å²) >= 11 is 1.77. The molecule has 0 spiro atoms. The molecule has 3 heteroatoms. The third kappa shape index (κ3) is 3.32. The molecule has 2 unspecified atom stereocenters. The van der Waals surface area contributed by atoms with E-state index in [2.05, 4.69) is 42.3 Å². The Morgan fingerprint density at radius 2 is 2.25 bits per heavy atom. The Morgan fingerprint density at radius 1 is 1.35 bits per heavy atom. The Labute approximate surface area is 125 Å². The van der Waals surface area contributed by atoms with Crippen LogP contribution in [0.2, 0.25) is 0 Å². The van der Waals surface area contributed by atoms with Gasteiger partial charge in [-0.15, -0.1) is 0 Å². The van der Waals surface area contributed by atoms with Crippen LogP contribution in [0.3, 0.4) is 0 Å². The average molecular weight is 288 g/mol. The maximum atomic E-state index is 4.68. The van der Waals surface area contributed by atoms with Gasteiger partial charge < -0.3 is 5.32 Å². The van der Waals surface area contributed by atoms with Gasteiger partial charge in [-0.25, -0.2) is 4.98 Å². The highest BCUT2D eigenvalue weighted by molar-refractivity contribution is 7.22. The second-order valence-electron chi connectivity index (χ2n) is 6.34. The highest BCUT2D eigenvalue weighted by Gasteiger charge is 2.18. The van der Waals surface area contributed by atoms with Gasteiger partial charge in [0.15, 0.2) is 5.13 Å². The van der Waals surface area contributed by atoms with E-state index in [0.717, 1.165) is 29.0 Å². The Balaban J connectivity index is 1.54. The second-order valence-corrected chi connectivity index (χ2v) is 7.37. The number of rotatable bonds is 4. The van der Waals surface area contributed by atoms with E-state index in [1.165, 1.54) is 42.4 Å². The van der Waals surface area contributed by atoms with Crippen molar-refractivity contribution in [2.45, 2.75) is 46.0 Å². The third-order valence-corrected chi connectivity index (χ3v) is 5.41. The summed E-state index contributed by atoms with van der Waals surface area (Å²) in [6, 6.07) is 6.50. The quantitative estimate of drug-likeness (QED) is 0.833. The first-order valence-corrected chi connectivity index (χ1v) is 8.63. The summed E-state index contributed by atoms with van der Waals surface area (Å²) < 4.78 is 1.28. The zero-order valence-electron chi connectivity index (χ0n) is 12.5. The molecule has 1 aromatic heterocycles. The van der Waals surface area contributed by atoms with Crippen molar-refractivity contribution in [2.75, 3.05) is 11.9 Å². The van der Waals surface area contributed by atoms with E-state index in [-0.39, 0.29) is 0 Å². The van der Waals surface area contributed by atoms with E-state index < -0.39 is 0 Å². The molecule has 1 N–H and O–H groups in total. The van der Waals surface area contributed by atoms with Crippen LogP contribution in [0.25, 0.3) is 10.2 Å². The minimum Gasteiger partial charge on any atom is -0.361 e. The summed E-state index contributed by atoms with van der Waals surface area (Å²) in [7, 11) is 0. The topological polar surface area (TPSA) is 24.9 Å². The predicted molar refractivity (Wildman–Crippen MR) is 88.6 cm³/mol. The van der Waals surface area contributed by atoms with Gasteiger partial charge >= 0.3 is 0 Å².